The van der Waals surface area contributed by atoms with Gasteiger partial charge in [0, 0.05) is 11.7 Å². The van der Waals surface area contributed by atoms with Gasteiger partial charge in [0.1, 0.15) is 0 Å². The zero-order valence-corrected chi connectivity index (χ0v) is 12.0. The Bertz CT molecular complexity index is 441. The lowest BCUT2D eigenvalue weighted by molar-refractivity contribution is 0.0922. The Morgan fingerprint density at radius 2 is 2.05 bits per heavy atom. The van der Waals surface area contributed by atoms with E-state index in [1.807, 2.05) is 0 Å². The summed E-state index contributed by atoms with van der Waals surface area (Å²) in [6.45, 7) is 2.20. The van der Waals surface area contributed by atoms with Crippen molar-refractivity contribution in [2.24, 2.45) is 5.92 Å². The van der Waals surface area contributed by atoms with Crippen LogP contribution in [0.3, 0.4) is 0 Å². The van der Waals surface area contributed by atoms with Crippen LogP contribution < -0.4 is 11.1 Å². The van der Waals surface area contributed by atoms with Gasteiger partial charge in [0.25, 0.3) is 5.91 Å². The van der Waals surface area contributed by atoms with Crippen LogP contribution in [-0.2, 0) is 0 Å². The minimum Gasteiger partial charge on any atom is -0.398 e. The van der Waals surface area contributed by atoms with Crippen LogP contribution in [0.4, 0.5) is 5.69 Å². The van der Waals surface area contributed by atoms with Crippen LogP contribution in [0.5, 0.6) is 0 Å². The number of rotatable bonds is 2. The first kappa shape index (κ1) is 14.2. The van der Waals surface area contributed by atoms with Crippen LogP contribution in [0.25, 0.3) is 0 Å². The van der Waals surface area contributed by atoms with Crippen LogP contribution in [0.15, 0.2) is 18.2 Å². The topological polar surface area (TPSA) is 55.1 Å². The Labute approximate surface area is 119 Å². The molecule has 1 aromatic carbocycles. The summed E-state index contributed by atoms with van der Waals surface area (Å²) in [4.78, 5) is 12.3. The number of nitrogens with one attached hydrogen (secondary N) is 1. The Morgan fingerprint density at radius 3 is 2.79 bits per heavy atom. The van der Waals surface area contributed by atoms with Gasteiger partial charge >= 0.3 is 0 Å². The van der Waals surface area contributed by atoms with Crippen LogP contribution in [-0.4, -0.2) is 11.9 Å². The zero-order chi connectivity index (χ0) is 13.8. The van der Waals surface area contributed by atoms with E-state index in [-0.39, 0.29) is 11.9 Å². The third kappa shape index (κ3) is 3.41. The molecule has 0 heterocycles. The monoisotopic (exact) mass is 280 g/mol. The first-order valence-electron chi connectivity index (χ1n) is 6.94. The highest BCUT2D eigenvalue weighted by Crippen LogP contribution is 2.25. The lowest BCUT2D eigenvalue weighted by atomic mass is 9.96. The fraction of sp³-hybridized carbons (Fsp3) is 0.533. The lowest BCUT2D eigenvalue weighted by Gasteiger charge is -2.23. The molecule has 3 nitrogen and oxygen atoms in total. The maximum Gasteiger partial charge on any atom is 0.255 e. The summed E-state index contributed by atoms with van der Waals surface area (Å²) in [7, 11) is 0. The van der Waals surface area contributed by atoms with Crippen molar-refractivity contribution in [1.29, 1.82) is 0 Å². The summed E-state index contributed by atoms with van der Waals surface area (Å²) in [5.41, 5.74) is 6.69. The molecule has 1 aliphatic rings. The summed E-state index contributed by atoms with van der Waals surface area (Å²) in [6.07, 6.45) is 5.89. The van der Waals surface area contributed by atoms with Gasteiger partial charge in [-0.1, -0.05) is 43.9 Å². The van der Waals surface area contributed by atoms with Gasteiger partial charge < -0.3 is 11.1 Å². The maximum absolute atomic E-state index is 12.3. The minimum atomic E-state index is -0.151. The Hall–Kier alpha value is -1.22. The van der Waals surface area contributed by atoms with Crippen molar-refractivity contribution in [2.45, 2.75) is 45.1 Å². The molecule has 0 radical (unpaired) electrons. The van der Waals surface area contributed by atoms with E-state index in [9.17, 15) is 4.79 Å². The Morgan fingerprint density at radius 1 is 1.32 bits per heavy atom. The Kier molecular flexibility index (Phi) is 4.70. The average Bonchev–Trinajstić information content (AvgIpc) is 2.55. The lowest BCUT2D eigenvalue weighted by Crippen LogP contribution is -2.39. The molecule has 4 heteroatoms. The third-order valence-electron chi connectivity index (χ3n) is 3.95. The van der Waals surface area contributed by atoms with Crippen molar-refractivity contribution in [1.82, 2.24) is 5.32 Å². The summed E-state index contributed by atoms with van der Waals surface area (Å²) < 4.78 is 0. The standard InChI is InChI=1S/C15H21ClN2O/c1-10-6-3-2-4-9-13(10)18-15(19)14-11(16)7-5-8-12(14)17/h5,7-8,10,13H,2-4,6,9,17H2,1H3,(H,18,19). The van der Waals surface area contributed by atoms with Crippen LogP contribution in [0.2, 0.25) is 5.02 Å². The Balaban J connectivity index is 2.12. The molecular weight excluding hydrogens is 260 g/mol. The van der Waals surface area contributed by atoms with Crippen molar-refractivity contribution in [3.05, 3.63) is 28.8 Å². The van der Waals surface area contributed by atoms with E-state index in [4.69, 9.17) is 17.3 Å². The van der Waals surface area contributed by atoms with Crippen molar-refractivity contribution >= 4 is 23.2 Å². The summed E-state index contributed by atoms with van der Waals surface area (Å²) in [5, 5.41) is 3.52. The summed E-state index contributed by atoms with van der Waals surface area (Å²) >= 11 is 6.07. The number of amides is 1. The van der Waals surface area contributed by atoms with Crippen LogP contribution in [0.1, 0.15) is 49.4 Å². The smallest absolute Gasteiger partial charge is 0.255 e. The fourth-order valence-electron chi connectivity index (χ4n) is 2.73. The first-order chi connectivity index (χ1) is 9.09. The average molecular weight is 281 g/mol. The van der Waals surface area contributed by atoms with Gasteiger partial charge in [-0.05, 0) is 30.9 Å². The number of hydrogen-bond donors (Lipinski definition) is 2. The predicted molar refractivity (Wildman–Crippen MR) is 79.4 cm³/mol. The molecule has 2 atom stereocenters. The molecular formula is C15H21ClN2O. The molecule has 2 unspecified atom stereocenters. The van der Waals surface area contributed by atoms with Gasteiger partial charge in [0.2, 0.25) is 0 Å². The van der Waals surface area contributed by atoms with Gasteiger partial charge in [-0.2, -0.15) is 0 Å². The second kappa shape index (κ2) is 6.29. The zero-order valence-electron chi connectivity index (χ0n) is 11.3. The minimum absolute atomic E-state index is 0.151. The predicted octanol–water partition coefficient (Wildman–Crippen LogP) is 3.62. The van der Waals surface area contributed by atoms with Crippen LogP contribution in [0, 0.1) is 5.92 Å². The van der Waals surface area contributed by atoms with Gasteiger partial charge in [0.15, 0.2) is 0 Å². The first-order valence-corrected chi connectivity index (χ1v) is 7.32. The molecule has 0 aliphatic heterocycles. The molecule has 0 spiro atoms. The van der Waals surface area contributed by atoms with Crippen molar-refractivity contribution in [3.63, 3.8) is 0 Å². The number of hydrogen-bond acceptors (Lipinski definition) is 2. The van der Waals surface area contributed by atoms with E-state index in [0.717, 1.165) is 6.42 Å². The van der Waals surface area contributed by atoms with E-state index in [1.54, 1.807) is 18.2 Å². The van der Waals surface area contributed by atoms with Crippen molar-refractivity contribution in [3.8, 4) is 0 Å². The number of carbonyl (C=O) groups is 1. The highest BCUT2D eigenvalue weighted by Gasteiger charge is 2.23. The number of carbonyl (C=O) groups excluding carboxylic acids is 1. The fourth-order valence-corrected chi connectivity index (χ4v) is 3.00. The molecule has 1 aliphatic carbocycles. The van der Waals surface area contributed by atoms with Gasteiger partial charge in [-0.15, -0.1) is 0 Å². The quantitative estimate of drug-likeness (QED) is 0.642. The molecule has 19 heavy (non-hydrogen) atoms. The van der Waals surface area contributed by atoms with Gasteiger partial charge in [-0.25, -0.2) is 0 Å². The molecule has 1 fully saturated rings. The number of nitrogen functional groups attached to an aromatic ring is 1. The molecule has 104 valence electrons. The maximum atomic E-state index is 12.3. The third-order valence-corrected chi connectivity index (χ3v) is 4.27. The molecule has 1 saturated carbocycles. The van der Waals surface area contributed by atoms with Gasteiger partial charge in [0.05, 0.1) is 10.6 Å². The number of nitrogens with two attached hydrogens (primary N) is 1. The number of benzene rings is 1. The van der Waals surface area contributed by atoms with Gasteiger partial charge in [-0.3, -0.25) is 4.79 Å². The van der Waals surface area contributed by atoms with Crippen molar-refractivity contribution in [2.75, 3.05) is 5.73 Å². The molecule has 1 aromatic rings. The molecule has 2 rings (SSSR count). The molecule has 0 aromatic heterocycles. The van der Waals surface area contributed by atoms with Crippen LogP contribution >= 0.6 is 11.6 Å². The van der Waals surface area contributed by atoms with E-state index >= 15 is 0 Å². The SMILES string of the molecule is CC1CCCCCC1NC(=O)c1c(N)cccc1Cl. The molecule has 0 bridgehead atoms. The number of anilines is 1. The van der Waals surface area contributed by atoms with Crippen molar-refractivity contribution < 1.29 is 4.79 Å². The molecule has 3 N–H and O–H groups in total. The highest BCUT2D eigenvalue weighted by atomic mass is 35.5. The van der Waals surface area contributed by atoms with E-state index in [2.05, 4.69) is 12.2 Å². The van der Waals surface area contributed by atoms with E-state index in [1.165, 1.54) is 25.7 Å². The molecule has 0 saturated heterocycles. The highest BCUT2D eigenvalue weighted by molar-refractivity contribution is 6.34. The molecule has 1 amide bonds. The van der Waals surface area contributed by atoms with E-state index in [0.29, 0.717) is 22.2 Å². The second-order valence-corrected chi connectivity index (χ2v) is 5.81. The largest absolute Gasteiger partial charge is 0.398 e. The number of halogens is 1. The summed E-state index contributed by atoms with van der Waals surface area (Å²) in [5.74, 6) is 0.358. The second-order valence-electron chi connectivity index (χ2n) is 5.40. The van der Waals surface area contributed by atoms with E-state index < -0.39 is 0 Å². The summed E-state index contributed by atoms with van der Waals surface area (Å²) in [6, 6.07) is 5.38. The normalized spacial score (nSPS) is 23.7.